The Morgan fingerprint density at radius 2 is 2.19 bits per heavy atom. The SMILES string of the molecule is O=C(O)C1CCN(c2ccc(=S)[nH]n2)CC1. The van der Waals surface area contributed by atoms with E-state index in [1.54, 1.807) is 6.07 Å². The molecule has 2 rings (SSSR count). The van der Waals surface area contributed by atoms with Gasteiger partial charge in [0.2, 0.25) is 0 Å². The summed E-state index contributed by atoms with van der Waals surface area (Å²) >= 11 is 4.91. The van der Waals surface area contributed by atoms with Gasteiger partial charge < -0.3 is 10.0 Å². The monoisotopic (exact) mass is 239 g/mol. The summed E-state index contributed by atoms with van der Waals surface area (Å²) in [5.41, 5.74) is 0. The molecule has 0 aliphatic carbocycles. The van der Waals surface area contributed by atoms with Crippen LogP contribution in [0, 0.1) is 10.6 Å². The summed E-state index contributed by atoms with van der Waals surface area (Å²) in [5.74, 6) is -0.0732. The summed E-state index contributed by atoms with van der Waals surface area (Å²) in [5, 5.41) is 15.7. The average molecular weight is 239 g/mol. The minimum Gasteiger partial charge on any atom is -0.481 e. The van der Waals surface area contributed by atoms with E-state index in [1.807, 2.05) is 6.07 Å². The predicted octanol–water partition coefficient (Wildman–Crippen LogP) is 1.44. The van der Waals surface area contributed by atoms with E-state index in [2.05, 4.69) is 15.1 Å². The van der Waals surface area contributed by atoms with Gasteiger partial charge in [-0.15, -0.1) is 0 Å². The van der Waals surface area contributed by atoms with Crippen LogP contribution >= 0.6 is 12.2 Å². The number of rotatable bonds is 2. The van der Waals surface area contributed by atoms with Gasteiger partial charge in [0.1, 0.15) is 10.5 Å². The Morgan fingerprint density at radius 3 is 2.69 bits per heavy atom. The molecule has 1 aromatic heterocycles. The van der Waals surface area contributed by atoms with Gasteiger partial charge in [0.15, 0.2) is 0 Å². The van der Waals surface area contributed by atoms with Crippen molar-refractivity contribution in [3.8, 4) is 0 Å². The third-order valence-electron chi connectivity index (χ3n) is 2.83. The molecule has 0 atom stereocenters. The van der Waals surface area contributed by atoms with E-state index in [-0.39, 0.29) is 5.92 Å². The molecule has 0 amide bonds. The van der Waals surface area contributed by atoms with Gasteiger partial charge in [-0.25, -0.2) is 0 Å². The molecule has 6 heteroatoms. The Bertz CT molecular complexity index is 417. The lowest BCUT2D eigenvalue weighted by Gasteiger charge is -2.30. The molecule has 1 saturated heterocycles. The maximum atomic E-state index is 10.8. The van der Waals surface area contributed by atoms with E-state index >= 15 is 0 Å². The molecule has 1 aliphatic rings. The molecule has 0 bridgehead atoms. The third-order valence-corrected chi connectivity index (χ3v) is 3.06. The quantitative estimate of drug-likeness (QED) is 0.764. The molecule has 0 unspecified atom stereocenters. The van der Waals surface area contributed by atoms with Crippen molar-refractivity contribution >= 4 is 24.0 Å². The van der Waals surface area contributed by atoms with Crippen molar-refractivity contribution in [3.05, 3.63) is 16.8 Å². The second-order valence-corrected chi connectivity index (χ2v) is 4.32. The highest BCUT2D eigenvalue weighted by Gasteiger charge is 2.24. The lowest BCUT2D eigenvalue weighted by atomic mass is 9.97. The summed E-state index contributed by atoms with van der Waals surface area (Å²) in [4.78, 5) is 12.9. The van der Waals surface area contributed by atoms with E-state index in [4.69, 9.17) is 17.3 Å². The lowest BCUT2D eigenvalue weighted by Crippen LogP contribution is -2.36. The Morgan fingerprint density at radius 1 is 1.50 bits per heavy atom. The number of aromatic amines is 1. The largest absolute Gasteiger partial charge is 0.481 e. The van der Waals surface area contributed by atoms with E-state index in [1.165, 1.54) is 0 Å². The molecule has 2 heterocycles. The van der Waals surface area contributed by atoms with Gasteiger partial charge in [-0.2, -0.15) is 5.10 Å². The summed E-state index contributed by atoms with van der Waals surface area (Å²) in [6, 6.07) is 3.65. The normalized spacial score (nSPS) is 17.4. The molecule has 1 fully saturated rings. The van der Waals surface area contributed by atoms with Crippen molar-refractivity contribution < 1.29 is 9.90 Å². The molecule has 5 nitrogen and oxygen atoms in total. The fourth-order valence-corrected chi connectivity index (χ4v) is 1.98. The van der Waals surface area contributed by atoms with Gasteiger partial charge >= 0.3 is 5.97 Å². The fourth-order valence-electron chi connectivity index (χ4n) is 1.87. The van der Waals surface area contributed by atoms with Crippen LogP contribution in [0.1, 0.15) is 12.8 Å². The number of piperidine rings is 1. The number of nitrogens with one attached hydrogen (secondary N) is 1. The van der Waals surface area contributed by atoms with Gasteiger partial charge in [-0.05, 0) is 25.0 Å². The molecular formula is C10H13N3O2S. The van der Waals surface area contributed by atoms with Crippen LogP contribution in [0.5, 0.6) is 0 Å². The van der Waals surface area contributed by atoms with Gasteiger partial charge in [0.05, 0.1) is 5.92 Å². The number of aliphatic carboxylic acids is 1. The number of H-pyrrole nitrogens is 1. The molecule has 0 aromatic carbocycles. The summed E-state index contributed by atoms with van der Waals surface area (Å²) in [6.45, 7) is 1.46. The number of carboxylic acid groups (broad SMARTS) is 1. The topological polar surface area (TPSA) is 69.2 Å². The fraction of sp³-hybridized carbons (Fsp3) is 0.500. The molecule has 0 saturated carbocycles. The highest BCUT2D eigenvalue weighted by atomic mass is 32.1. The van der Waals surface area contributed by atoms with E-state index in [0.717, 1.165) is 18.9 Å². The first kappa shape index (κ1) is 11.1. The lowest BCUT2D eigenvalue weighted by molar-refractivity contribution is -0.142. The molecule has 1 aliphatic heterocycles. The minimum absolute atomic E-state index is 0.210. The number of anilines is 1. The zero-order valence-corrected chi connectivity index (χ0v) is 9.54. The minimum atomic E-state index is -0.694. The van der Waals surface area contributed by atoms with Crippen molar-refractivity contribution in [3.63, 3.8) is 0 Å². The van der Waals surface area contributed by atoms with Crippen LogP contribution in [0.3, 0.4) is 0 Å². The standard InChI is InChI=1S/C10H13N3O2S/c14-10(15)7-3-5-13(6-4-7)8-1-2-9(16)12-11-8/h1-2,7H,3-6H2,(H,12,16)(H,14,15). The number of carbonyl (C=O) groups is 1. The van der Waals surface area contributed by atoms with Crippen LogP contribution in [-0.4, -0.2) is 34.4 Å². The van der Waals surface area contributed by atoms with Gasteiger partial charge in [0, 0.05) is 13.1 Å². The number of carboxylic acids is 1. The number of hydrogen-bond donors (Lipinski definition) is 2. The van der Waals surface area contributed by atoms with Crippen LogP contribution in [0.2, 0.25) is 0 Å². The Balaban J connectivity index is 2.01. The summed E-state index contributed by atoms with van der Waals surface area (Å²) in [6.07, 6.45) is 1.35. The van der Waals surface area contributed by atoms with Crippen molar-refractivity contribution in [2.45, 2.75) is 12.8 Å². The van der Waals surface area contributed by atoms with E-state index in [9.17, 15) is 4.79 Å². The molecule has 2 N–H and O–H groups in total. The number of nitrogens with zero attached hydrogens (tertiary/aromatic N) is 2. The second-order valence-electron chi connectivity index (χ2n) is 3.88. The first-order valence-corrected chi connectivity index (χ1v) is 5.61. The van der Waals surface area contributed by atoms with Gasteiger partial charge in [-0.1, -0.05) is 12.2 Å². The molecule has 86 valence electrons. The van der Waals surface area contributed by atoms with Crippen molar-refractivity contribution in [2.75, 3.05) is 18.0 Å². The van der Waals surface area contributed by atoms with Gasteiger partial charge in [0.25, 0.3) is 0 Å². The van der Waals surface area contributed by atoms with Crippen LogP contribution in [0.15, 0.2) is 12.1 Å². The van der Waals surface area contributed by atoms with Crippen molar-refractivity contribution in [2.24, 2.45) is 5.92 Å². The number of hydrogen-bond acceptors (Lipinski definition) is 4. The summed E-state index contributed by atoms with van der Waals surface area (Å²) in [7, 11) is 0. The van der Waals surface area contributed by atoms with E-state index < -0.39 is 5.97 Å². The second kappa shape index (κ2) is 4.61. The highest BCUT2D eigenvalue weighted by molar-refractivity contribution is 7.71. The molecule has 1 aromatic rings. The van der Waals surface area contributed by atoms with Crippen LogP contribution in [0.4, 0.5) is 5.82 Å². The Labute approximate surface area is 98.1 Å². The summed E-state index contributed by atoms with van der Waals surface area (Å²) < 4.78 is 0.601. The van der Waals surface area contributed by atoms with Crippen molar-refractivity contribution in [1.82, 2.24) is 10.2 Å². The van der Waals surface area contributed by atoms with E-state index in [0.29, 0.717) is 17.5 Å². The zero-order valence-electron chi connectivity index (χ0n) is 8.72. The third kappa shape index (κ3) is 2.38. The smallest absolute Gasteiger partial charge is 0.306 e. The van der Waals surface area contributed by atoms with Crippen LogP contribution < -0.4 is 4.90 Å². The highest BCUT2D eigenvalue weighted by Crippen LogP contribution is 2.21. The van der Waals surface area contributed by atoms with Crippen LogP contribution in [-0.2, 0) is 4.79 Å². The molecule has 0 spiro atoms. The maximum Gasteiger partial charge on any atom is 0.306 e. The molecular weight excluding hydrogens is 226 g/mol. The zero-order chi connectivity index (χ0) is 11.5. The Kier molecular flexibility index (Phi) is 3.19. The van der Waals surface area contributed by atoms with Crippen molar-refractivity contribution in [1.29, 1.82) is 0 Å². The van der Waals surface area contributed by atoms with Crippen LogP contribution in [0.25, 0.3) is 0 Å². The first-order valence-electron chi connectivity index (χ1n) is 5.20. The predicted molar refractivity (Wildman–Crippen MR) is 62.0 cm³/mol. The first-order chi connectivity index (χ1) is 7.66. The van der Waals surface area contributed by atoms with Gasteiger partial charge in [-0.3, -0.25) is 9.89 Å². The average Bonchev–Trinajstić information content (AvgIpc) is 2.30. The molecule has 16 heavy (non-hydrogen) atoms. The number of aromatic nitrogens is 2. The molecule has 0 radical (unpaired) electrons. The maximum absolute atomic E-state index is 10.8. The Hall–Kier alpha value is -1.43.